The van der Waals surface area contributed by atoms with Crippen LogP contribution in [-0.4, -0.2) is 49.3 Å². The molecule has 0 radical (unpaired) electrons. The van der Waals surface area contributed by atoms with Gasteiger partial charge in [-0.25, -0.2) is 0 Å². The van der Waals surface area contributed by atoms with E-state index in [1.54, 1.807) is 0 Å². The number of nitrogens with zero attached hydrogens (tertiary/aromatic N) is 1. The molecule has 1 aliphatic heterocycles. The lowest BCUT2D eigenvalue weighted by atomic mass is 10.1. The standard InChI is InChI=1S/C15H32N2O/c1-5-15-9-8-13(3)17(15)14(4)12-16-10-7-11-18-6-2/h13-16H,5-12H2,1-4H3. The fraction of sp³-hybridized carbons (Fsp3) is 1.00. The normalized spacial score (nSPS) is 26.7. The lowest BCUT2D eigenvalue weighted by molar-refractivity contribution is 0.134. The largest absolute Gasteiger partial charge is 0.382 e. The molecule has 3 heteroatoms. The lowest BCUT2D eigenvalue weighted by Crippen LogP contribution is -2.46. The Kier molecular flexibility index (Phi) is 7.87. The van der Waals surface area contributed by atoms with Gasteiger partial charge in [0.2, 0.25) is 0 Å². The van der Waals surface area contributed by atoms with Crippen LogP contribution in [0.15, 0.2) is 0 Å². The molecular weight excluding hydrogens is 224 g/mol. The fourth-order valence-corrected chi connectivity index (χ4v) is 3.16. The number of likely N-dealkylation sites (tertiary alicyclic amines) is 1. The zero-order valence-electron chi connectivity index (χ0n) is 12.7. The van der Waals surface area contributed by atoms with E-state index in [4.69, 9.17) is 4.74 Å². The minimum atomic E-state index is 0.652. The maximum absolute atomic E-state index is 5.34. The average molecular weight is 256 g/mol. The summed E-state index contributed by atoms with van der Waals surface area (Å²) in [6.07, 6.45) is 5.16. The molecule has 3 atom stereocenters. The summed E-state index contributed by atoms with van der Waals surface area (Å²) >= 11 is 0. The Hall–Kier alpha value is -0.120. The van der Waals surface area contributed by atoms with Crippen molar-refractivity contribution in [1.82, 2.24) is 10.2 Å². The van der Waals surface area contributed by atoms with Crippen molar-refractivity contribution < 1.29 is 4.74 Å². The van der Waals surface area contributed by atoms with Crippen molar-refractivity contribution in [2.24, 2.45) is 0 Å². The molecule has 108 valence electrons. The smallest absolute Gasteiger partial charge is 0.0477 e. The Morgan fingerprint density at radius 3 is 2.78 bits per heavy atom. The molecule has 3 nitrogen and oxygen atoms in total. The third kappa shape index (κ3) is 4.87. The van der Waals surface area contributed by atoms with Crippen LogP contribution in [0.2, 0.25) is 0 Å². The zero-order valence-corrected chi connectivity index (χ0v) is 12.7. The summed E-state index contributed by atoms with van der Waals surface area (Å²) < 4.78 is 5.34. The van der Waals surface area contributed by atoms with Crippen LogP contribution in [0.1, 0.15) is 53.4 Å². The molecular formula is C15H32N2O. The SMILES string of the molecule is CCOCCCNCC(C)N1C(C)CCC1CC. The monoisotopic (exact) mass is 256 g/mol. The van der Waals surface area contributed by atoms with Crippen LogP contribution in [0.5, 0.6) is 0 Å². The molecule has 0 saturated carbocycles. The average Bonchev–Trinajstić information content (AvgIpc) is 2.74. The van der Waals surface area contributed by atoms with Crippen molar-refractivity contribution in [2.45, 2.75) is 71.5 Å². The van der Waals surface area contributed by atoms with Gasteiger partial charge in [0, 0.05) is 37.9 Å². The van der Waals surface area contributed by atoms with Crippen LogP contribution in [0.4, 0.5) is 0 Å². The summed E-state index contributed by atoms with van der Waals surface area (Å²) in [5.41, 5.74) is 0. The van der Waals surface area contributed by atoms with E-state index in [2.05, 4.69) is 37.9 Å². The van der Waals surface area contributed by atoms with Gasteiger partial charge in [-0.05, 0) is 53.0 Å². The fourth-order valence-electron chi connectivity index (χ4n) is 3.16. The van der Waals surface area contributed by atoms with E-state index >= 15 is 0 Å². The molecule has 0 aliphatic carbocycles. The molecule has 0 amide bonds. The van der Waals surface area contributed by atoms with Gasteiger partial charge >= 0.3 is 0 Å². The number of hydrogen-bond donors (Lipinski definition) is 1. The first kappa shape index (κ1) is 15.9. The highest BCUT2D eigenvalue weighted by Crippen LogP contribution is 2.27. The highest BCUT2D eigenvalue weighted by molar-refractivity contribution is 4.88. The molecule has 1 N–H and O–H groups in total. The highest BCUT2D eigenvalue weighted by Gasteiger charge is 2.32. The van der Waals surface area contributed by atoms with Gasteiger partial charge < -0.3 is 10.1 Å². The second-order valence-corrected chi connectivity index (χ2v) is 5.54. The van der Waals surface area contributed by atoms with Gasteiger partial charge in [0.15, 0.2) is 0 Å². The molecule has 1 heterocycles. The van der Waals surface area contributed by atoms with Crippen molar-refractivity contribution in [3.63, 3.8) is 0 Å². The van der Waals surface area contributed by atoms with Crippen LogP contribution in [0, 0.1) is 0 Å². The van der Waals surface area contributed by atoms with Crippen LogP contribution >= 0.6 is 0 Å². The Labute approximate surface area is 113 Å². The minimum absolute atomic E-state index is 0.652. The van der Waals surface area contributed by atoms with Gasteiger partial charge in [-0.3, -0.25) is 4.90 Å². The summed E-state index contributed by atoms with van der Waals surface area (Å²) in [6, 6.07) is 2.22. The Morgan fingerprint density at radius 1 is 1.33 bits per heavy atom. The quantitative estimate of drug-likeness (QED) is 0.642. The summed E-state index contributed by atoms with van der Waals surface area (Å²) in [4.78, 5) is 2.72. The molecule has 18 heavy (non-hydrogen) atoms. The number of rotatable bonds is 9. The van der Waals surface area contributed by atoms with Crippen LogP contribution < -0.4 is 5.32 Å². The molecule has 1 saturated heterocycles. The number of hydrogen-bond acceptors (Lipinski definition) is 3. The molecule has 0 aromatic heterocycles. The van der Waals surface area contributed by atoms with Gasteiger partial charge in [-0.1, -0.05) is 6.92 Å². The number of ether oxygens (including phenoxy) is 1. The molecule has 1 rings (SSSR count). The van der Waals surface area contributed by atoms with E-state index in [0.717, 1.165) is 44.8 Å². The van der Waals surface area contributed by atoms with E-state index in [1.807, 2.05) is 0 Å². The van der Waals surface area contributed by atoms with E-state index in [1.165, 1.54) is 19.3 Å². The summed E-state index contributed by atoms with van der Waals surface area (Å²) in [5.74, 6) is 0. The molecule has 0 aromatic carbocycles. The van der Waals surface area contributed by atoms with Gasteiger partial charge in [0.1, 0.15) is 0 Å². The molecule has 1 aliphatic rings. The number of nitrogens with one attached hydrogen (secondary N) is 1. The highest BCUT2D eigenvalue weighted by atomic mass is 16.5. The first-order chi connectivity index (χ1) is 8.70. The van der Waals surface area contributed by atoms with Crippen molar-refractivity contribution in [3.8, 4) is 0 Å². The second-order valence-electron chi connectivity index (χ2n) is 5.54. The molecule has 0 aromatic rings. The van der Waals surface area contributed by atoms with Crippen molar-refractivity contribution in [3.05, 3.63) is 0 Å². The van der Waals surface area contributed by atoms with Crippen LogP contribution in [-0.2, 0) is 4.74 Å². The Morgan fingerprint density at radius 2 is 2.11 bits per heavy atom. The van der Waals surface area contributed by atoms with Gasteiger partial charge in [-0.15, -0.1) is 0 Å². The molecule has 0 bridgehead atoms. The lowest BCUT2D eigenvalue weighted by Gasteiger charge is -2.34. The first-order valence-corrected chi connectivity index (χ1v) is 7.76. The van der Waals surface area contributed by atoms with Gasteiger partial charge in [0.05, 0.1) is 0 Å². The molecule has 3 unspecified atom stereocenters. The topological polar surface area (TPSA) is 24.5 Å². The zero-order chi connectivity index (χ0) is 13.4. The Bertz CT molecular complexity index is 211. The predicted molar refractivity (Wildman–Crippen MR) is 78.1 cm³/mol. The third-order valence-corrected chi connectivity index (χ3v) is 4.11. The second kappa shape index (κ2) is 8.89. The Balaban J connectivity index is 2.17. The predicted octanol–water partition coefficient (Wildman–Crippen LogP) is 2.65. The van der Waals surface area contributed by atoms with E-state index < -0.39 is 0 Å². The maximum Gasteiger partial charge on any atom is 0.0477 e. The summed E-state index contributed by atoms with van der Waals surface area (Å²) in [5, 5.41) is 3.56. The third-order valence-electron chi connectivity index (χ3n) is 4.11. The van der Waals surface area contributed by atoms with E-state index in [0.29, 0.717) is 6.04 Å². The van der Waals surface area contributed by atoms with Crippen molar-refractivity contribution in [2.75, 3.05) is 26.3 Å². The van der Waals surface area contributed by atoms with Crippen LogP contribution in [0.3, 0.4) is 0 Å². The van der Waals surface area contributed by atoms with Gasteiger partial charge in [-0.2, -0.15) is 0 Å². The first-order valence-electron chi connectivity index (χ1n) is 7.76. The summed E-state index contributed by atoms with van der Waals surface area (Å²) in [6.45, 7) is 13.0. The van der Waals surface area contributed by atoms with Gasteiger partial charge in [0.25, 0.3) is 0 Å². The molecule has 1 fully saturated rings. The van der Waals surface area contributed by atoms with Crippen molar-refractivity contribution in [1.29, 1.82) is 0 Å². The maximum atomic E-state index is 5.34. The van der Waals surface area contributed by atoms with Crippen LogP contribution in [0.25, 0.3) is 0 Å². The van der Waals surface area contributed by atoms with E-state index in [-0.39, 0.29) is 0 Å². The van der Waals surface area contributed by atoms with Crippen molar-refractivity contribution >= 4 is 0 Å². The van der Waals surface area contributed by atoms with E-state index in [9.17, 15) is 0 Å². The minimum Gasteiger partial charge on any atom is -0.382 e. The molecule has 0 spiro atoms. The summed E-state index contributed by atoms with van der Waals surface area (Å²) in [7, 11) is 0.